The van der Waals surface area contributed by atoms with Gasteiger partial charge in [-0.1, -0.05) is 43.7 Å². The Bertz CT molecular complexity index is 1230. The van der Waals surface area contributed by atoms with Gasteiger partial charge < -0.3 is 13.9 Å². The molecule has 2 aromatic heterocycles. The van der Waals surface area contributed by atoms with E-state index in [1.807, 2.05) is 42.5 Å². The summed E-state index contributed by atoms with van der Waals surface area (Å²) in [6.45, 7) is 2.16. The molecule has 30 heavy (non-hydrogen) atoms. The molecular formula is C22H22N4O3S. The minimum atomic E-state index is 0.196. The van der Waals surface area contributed by atoms with E-state index in [1.54, 1.807) is 18.7 Å². The summed E-state index contributed by atoms with van der Waals surface area (Å²) in [5, 5.41) is 4.64. The molecule has 0 aliphatic heterocycles. The Hall–Kier alpha value is -3.26. The van der Waals surface area contributed by atoms with E-state index >= 15 is 0 Å². The normalized spacial score (nSPS) is 11.0. The summed E-state index contributed by atoms with van der Waals surface area (Å²) >= 11 is 5.24. The van der Waals surface area contributed by atoms with Gasteiger partial charge in [-0.25, -0.2) is 0 Å². The molecule has 0 saturated carbocycles. The van der Waals surface area contributed by atoms with Crippen LogP contribution in [0.15, 0.2) is 46.9 Å². The molecule has 4 aromatic rings. The highest BCUT2D eigenvalue weighted by atomic mass is 32.1. The number of aromatic nitrogens is 4. The van der Waals surface area contributed by atoms with Gasteiger partial charge in [0.1, 0.15) is 11.5 Å². The van der Waals surface area contributed by atoms with Gasteiger partial charge in [0.15, 0.2) is 5.82 Å². The molecule has 0 aliphatic carbocycles. The molecule has 0 aliphatic rings. The van der Waals surface area contributed by atoms with E-state index in [0.29, 0.717) is 17.5 Å². The van der Waals surface area contributed by atoms with E-state index in [0.717, 1.165) is 41.7 Å². The molecule has 0 saturated heterocycles. The van der Waals surface area contributed by atoms with Crippen molar-refractivity contribution < 1.29 is 13.9 Å². The number of ether oxygens (including phenoxy) is 2. The molecule has 0 bridgehead atoms. The summed E-state index contributed by atoms with van der Waals surface area (Å²) in [5.74, 6) is 2.60. The summed E-state index contributed by atoms with van der Waals surface area (Å²) in [5.41, 5.74) is 2.66. The van der Waals surface area contributed by atoms with Crippen LogP contribution in [0.4, 0.5) is 0 Å². The zero-order valence-corrected chi connectivity index (χ0v) is 17.9. The number of hydrogen-bond acceptors (Lipinski definition) is 7. The quantitative estimate of drug-likeness (QED) is 0.382. The maximum atomic E-state index is 5.99. The molecule has 154 valence electrons. The fraction of sp³-hybridized carbons (Fsp3) is 0.273. The third kappa shape index (κ3) is 3.78. The van der Waals surface area contributed by atoms with Crippen molar-refractivity contribution in [2.75, 3.05) is 14.2 Å². The average Bonchev–Trinajstić information content (AvgIpc) is 3.20. The zero-order valence-electron chi connectivity index (χ0n) is 17.1. The lowest BCUT2D eigenvalue weighted by Gasteiger charge is -2.13. The van der Waals surface area contributed by atoms with E-state index in [9.17, 15) is 0 Å². The highest BCUT2D eigenvalue weighted by Gasteiger charge is 2.20. The fourth-order valence-corrected chi connectivity index (χ4v) is 3.48. The van der Waals surface area contributed by atoms with Crippen LogP contribution in [0.3, 0.4) is 0 Å². The predicted molar refractivity (Wildman–Crippen MR) is 116 cm³/mol. The van der Waals surface area contributed by atoms with Gasteiger partial charge in [-0.3, -0.25) is 0 Å². The number of nitrogens with zero attached hydrogens (tertiary/aromatic N) is 4. The van der Waals surface area contributed by atoms with E-state index < -0.39 is 0 Å². The molecule has 4 rings (SSSR count). The predicted octanol–water partition coefficient (Wildman–Crippen LogP) is 5.14. The summed E-state index contributed by atoms with van der Waals surface area (Å²) in [6.07, 6.45) is 3.02. The number of rotatable bonds is 7. The fourth-order valence-electron chi connectivity index (χ4n) is 3.31. The average molecular weight is 423 g/mol. The van der Waals surface area contributed by atoms with Crippen molar-refractivity contribution in [1.82, 2.24) is 19.6 Å². The third-order valence-corrected chi connectivity index (χ3v) is 5.00. The minimum Gasteiger partial charge on any atom is -0.496 e. The van der Waals surface area contributed by atoms with Crippen LogP contribution in [-0.2, 0) is 6.42 Å². The lowest BCUT2D eigenvalue weighted by molar-refractivity contribution is 0.390. The Morgan fingerprint density at radius 3 is 2.50 bits per heavy atom. The highest BCUT2D eigenvalue weighted by molar-refractivity contribution is 7.71. The first-order chi connectivity index (χ1) is 14.6. The van der Waals surface area contributed by atoms with Crippen LogP contribution < -0.4 is 9.47 Å². The Labute approximate surface area is 179 Å². The molecule has 0 N–H and O–H groups in total. The second-order valence-corrected chi connectivity index (χ2v) is 7.13. The first-order valence-corrected chi connectivity index (χ1v) is 10.1. The van der Waals surface area contributed by atoms with Gasteiger partial charge in [0, 0.05) is 11.6 Å². The van der Waals surface area contributed by atoms with Crippen molar-refractivity contribution in [2.45, 2.75) is 26.2 Å². The van der Waals surface area contributed by atoms with Crippen LogP contribution in [0.25, 0.3) is 28.7 Å². The molecule has 2 heterocycles. The molecule has 0 amide bonds. The molecule has 0 fully saturated rings. The summed E-state index contributed by atoms with van der Waals surface area (Å²) in [6, 6.07) is 13.5. The van der Waals surface area contributed by atoms with Crippen LogP contribution in [0.2, 0.25) is 0 Å². The van der Waals surface area contributed by atoms with Crippen molar-refractivity contribution in [3.8, 4) is 34.3 Å². The number of benzene rings is 2. The van der Waals surface area contributed by atoms with E-state index in [4.69, 9.17) is 26.1 Å². The second kappa shape index (κ2) is 8.62. The molecular weight excluding hydrogens is 400 g/mol. The maximum Gasteiger partial charge on any atom is 0.329 e. The molecule has 2 aromatic carbocycles. The largest absolute Gasteiger partial charge is 0.496 e. The van der Waals surface area contributed by atoms with Crippen molar-refractivity contribution in [2.24, 2.45) is 0 Å². The Balaban J connectivity index is 1.90. The van der Waals surface area contributed by atoms with Crippen LogP contribution in [0.5, 0.6) is 11.5 Å². The summed E-state index contributed by atoms with van der Waals surface area (Å²) in [4.78, 5) is 8.64. The van der Waals surface area contributed by atoms with Crippen molar-refractivity contribution in [3.63, 3.8) is 0 Å². The first-order valence-electron chi connectivity index (χ1n) is 9.73. The molecule has 0 unspecified atom stereocenters. The summed E-state index contributed by atoms with van der Waals surface area (Å²) < 4.78 is 18.9. The minimum absolute atomic E-state index is 0.196. The number of methoxy groups -OCH3 is 2. The number of hydrogen-bond donors (Lipinski definition) is 0. The monoisotopic (exact) mass is 422 g/mol. The van der Waals surface area contributed by atoms with Crippen molar-refractivity contribution in [1.29, 1.82) is 0 Å². The topological polar surface area (TPSA) is 74.7 Å². The molecule has 7 nitrogen and oxygen atoms in total. The van der Waals surface area contributed by atoms with Crippen LogP contribution >= 0.6 is 12.2 Å². The standard InChI is InChI=1S/C22H22N4O3S/c1-4-5-9-15-12-16(18(28-3)13-17(15)27-2)20-25-26-19(14-10-7-6-8-11-14)23-21(30)24-22(26)29-20/h6-8,10-13H,4-5,9H2,1-3H3. The van der Waals surface area contributed by atoms with Gasteiger partial charge in [-0.05, 0) is 36.7 Å². The molecule has 0 radical (unpaired) electrons. The third-order valence-electron chi connectivity index (χ3n) is 4.82. The van der Waals surface area contributed by atoms with Crippen LogP contribution in [0, 0.1) is 4.77 Å². The maximum absolute atomic E-state index is 5.99. The van der Waals surface area contributed by atoms with Gasteiger partial charge >= 0.3 is 5.84 Å². The van der Waals surface area contributed by atoms with Gasteiger partial charge in [0.25, 0.3) is 5.89 Å². The van der Waals surface area contributed by atoms with Crippen LogP contribution in [-0.4, -0.2) is 33.8 Å². The van der Waals surface area contributed by atoms with Crippen LogP contribution in [0.1, 0.15) is 25.3 Å². The number of fused-ring (bicyclic) bond motifs is 1. The van der Waals surface area contributed by atoms with Crippen molar-refractivity contribution >= 4 is 18.1 Å². The van der Waals surface area contributed by atoms with Gasteiger partial charge in [0.2, 0.25) is 4.77 Å². The SMILES string of the molecule is CCCCc1cc(-c2nn3c(-c4ccccc4)nc(=S)nc3o2)c(OC)cc1OC. The van der Waals surface area contributed by atoms with Gasteiger partial charge in [0.05, 0.1) is 19.8 Å². The van der Waals surface area contributed by atoms with Crippen molar-refractivity contribution in [3.05, 3.63) is 52.8 Å². The van der Waals surface area contributed by atoms with E-state index in [-0.39, 0.29) is 10.6 Å². The molecule has 0 spiro atoms. The Kier molecular flexibility index (Phi) is 5.76. The summed E-state index contributed by atoms with van der Waals surface area (Å²) in [7, 11) is 3.27. The number of aryl methyl sites for hydroxylation is 1. The highest BCUT2D eigenvalue weighted by Crippen LogP contribution is 2.36. The van der Waals surface area contributed by atoms with E-state index in [2.05, 4.69) is 22.0 Å². The smallest absolute Gasteiger partial charge is 0.329 e. The molecule has 8 heteroatoms. The lowest BCUT2D eigenvalue weighted by atomic mass is 10.0. The first kappa shape index (κ1) is 20.0. The Morgan fingerprint density at radius 2 is 1.80 bits per heavy atom. The lowest BCUT2D eigenvalue weighted by Crippen LogP contribution is -2.00. The number of unbranched alkanes of at least 4 members (excludes halogenated alkanes) is 1. The van der Waals surface area contributed by atoms with Gasteiger partial charge in [-0.15, -0.1) is 5.10 Å². The Morgan fingerprint density at radius 1 is 1.03 bits per heavy atom. The second-order valence-electron chi connectivity index (χ2n) is 6.77. The zero-order chi connectivity index (χ0) is 21.1. The van der Waals surface area contributed by atoms with E-state index in [1.165, 1.54) is 0 Å². The molecule has 0 atom stereocenters. The van der Waals surface area contributed by atoms with Gasteiger partial charge in [-0.2, -0.15) is 14.5 Å².